The van der Waals surface area contributed by atoms with Crippen LogP contribution in [0.3, 0.4) is 0 Å². The minimum Gasteiger partial charge on any atom is -0.330 e. The molecule has 0 heterocycles. The summed E-state index contributed by atoms with van der Waals surface area (Å²) < 4.78 is 0. The molecule has 4 bridgehead atoms. The Morgan fingerprint density at radius 2 is 2.18 bits per heavy atom. The lowest BCUT2D eigenvalue weighted by molar-refractivity contribution is 0.0452. The Hall–Kier alpha value is -0.300. The lowest BCUT2D eigenvalue weighted by Gasteiger charge is -2.57. The van der Waals surface area contributed by atoms with Crippen molar-refractivity contribution in [3.8, 4) is 0 Å². The lowest BCUT2D eigenvalue weighted by atomic mass is 9.48. The summed E-state index contributed by atoms with van der Waals surface area (Å²) in [5.41, 5.74) is 8.17. The minimum absolute atomic E-state index is 0.551. The van der Waals surface area contributed by atoms with E-state index in [2.05, 4.69) is 6.08 Å². The number of rotatable bonds is 1. The number of allylic oxidation sites excluding steroid dienone is 2. The average molecular weight is 149 g/mol. The number of nitrogens with two attached hydrogens (primary N) is 1. The van der Waals surface area contributed by atoms with Crippen LogP contribution in [0.2, 0.25) is 0 Å². The highest BCUT2D eigenvalue weighted by Crippen LogP contribution is 2.61. The van der Waals surface area contributed by atoms with Crippen LogP contribution in [0.4, 0.5) is 0 Å². The summed E-state index contributed by atoms with van der Waals surface area (Å²) in [7, 11) is 0. The van der Waals surface area contributed by atoms with Gasteiger partial charge in [-0.25, -0.2) is 0 Å². The molecule has 3 fully saturated rings. The van der Waals surface area contributed by atoms with Gasteiger partial charge in [-0.1, -0.05) is 11.6 Å². The molecule has 60 valence electrons. The second kappa shape index (κ2) is 1.71. The molecule has 0 aromatic rings. The molecule has 3 saturated carbocycles. The Kier molecular flexibility index (Phi) is 0.972. The van der Waals surface area contributed by atoms with Gasteiger partial charge in [0.2, 0.25) is 0 Å². The van der Waals surface area contributed by atoms with Crippen LogP contribution < -0.4 is 5.73 Å². The molecule has 0 aliphatic heterocycles. The van der Waals surface area contributed by atoms with E-state index in [4.69, 9.17) is 5.73 Å². The van der Waals surface area contributed by atoms with Crippen molar-refractivity contribution < 1.29 is 0 Å². The van der Waals surface area contributed by atoms with Crippen molar-refractivity contribution >= 4 is 0 Å². The molecule has 0 saturated heterocycles. The monoisotopic (exact) mass is 149 g/mol. The summed E-state index contributed by atoms with van der Waals surface area (Å²) in [5.74, 6) is 1.93. The first kappa shape index (κ1) is 6.24. The van der Waals surface area contributed by atoms with Gasteiger partial charge in [0.1, 0.15) is 0 Å². The van der Waals surface area contributed by atoms with Gasteiger partial charge in [0.15, 0.2) is 0 Å². The van der Waals surface area contributed by atoms with Crippen molar-refractivity contribution in [3.63, 3.8) is 0 Å². The molecular weight excluding hydrogens is 134 g/mol. The van der Waals surface area contributed by atoms with Crippen LogP contribution in [0, 0.1) is 17.3 Å². The molecule has 2 unspecified atom stereocenters. The maximum Gasteiger partial charge on any atom is -0.00171 e. The summed E-state index contributed by atoms with van der Waals surface area (Å²) in [6, 6.07) is 0. The van der Waals surface area contributed by atoms with Crippen LogP contribution in [0.25, 0.3) is 0 Å². The van der Waals surface area contributed by atoms with E-state index in [9.17, 15) is 0 Å². The Bertz CT molecular complexity index is 215. The molecule has 2 N–H and O–H groups in total. The summed E-state index contributed by atoms with van der Waals surface area (Å²) in [6.07, 6.45) is 8.07. The topological polar surface area (TPSA) is 26.0 Å². The largest absolute Gasteiger partial charge is 0.330 e. The van der Waals surface area contributed by atoms with E-state index in [0.717, 1.165) is 18.4 Å². The van der Waals surface area contributed by atoms with Gasteiger partial charge in [-0.3, -0.25) is 0 Å². The fourth-order valence-corrected chi connectivity index (χ4v) is 3.40. The van der Waals surface area contributed by atoms with Crippen LogP contribution in [-0.2, 0) is 0 Å². The van der Waals surface area contributed by atoms with Gasteiger partial charge in [-0.05, 0) is 49.5 Å². The van der Waals surface area contributed by atoms with Crippen LogP contribution in [-0.4, -0.2) is 6.54 Å². The smallest absolute Gasteiger partial charge is 0.00171 e. The zero-order chi connectivity index (χ0) is 7.47. The highest BCUT2D eigenvalue weighted by molar-refractivity contribution is 5.30. The van der Waals surface area contributed by atoms with Crippen LogP contribution in [0.5, 0.6) is 0 Å². The SMILES string of the molecule is NCC12CC=C3C(CC3C1)C2. The number of fused-ring (bicyclic) bond motifs is 1. The molecule has 1 nitrogen and oxygen atoms in total. The second-order valence-corrected chi connectivity index (χ2v) is 4.65. The molecule has 5 rings (SSSR count). The average Bonchev–Trinajstić information content (AvgIpc) is 2.05. The molecule has 2 atom stereocenters. The predicted molar refractivity (Wildman–Crippen MR) is 45.0 cm³/mol. The quantitative estimate of drug-likeness (QED) is 0.564. The third kappa shape index (κ3) is 0.610. The molecule has 5 aliphatic carbocycles. The maximum absolute atomic E-state index is 5.83. The van der Waals surface area contributed by atoms with Crippen LogP contribution >= 0.6 is 0 Å². The normalized spacial score (nSPS) is 51.9. The Labute approximate surface area is 67.7 Å². The Morgan fingerprint density at radius 3 is 2.64 bits per heavy atom. The third-order valence-electron chi connectivity index (χ3n) is 4.07. The van der Waals surface area contributed by atoms with E-state index in [1.165, 1.54) is 25.7 Å². The van der Waals surface area contributed by atoms with Crippen LogP contribution in [0.1, 0.15) is 25.7 Å². The molecule has 1 heteroatoms. The molecule has 0 radical (unpaired) electrons. The highest BCUT2D eigenvalue weighted by Gasteiger charge is 2.51. The van der Waals surface area contributed by atoms with E-state index >= 15 is 0 Å². The fourth-order valence-electron chi connectivity index (χ4n) is 3.40. The number of hydrogen-bond acceptors (Lipinski definition) is 1. The van der Waals surface area contributed by atoms with E-state index in [1.54, 1.807) is 5.57 Å². The zero-order valence-electron chi connectivity index (χ0n) is 6.84. The van der Waals surface area contributed by atoms with Gasteiger partial charge in [-0.15, -0.1) is 0 Å². The van der Waals surface area contributed by atoms with Crippen molar-refractivity contribution in [2.45, 2.75) is 25.7 Å². The van der Waals surface area contributed by atoms with Gasteiger partial charge >= 0.3 is 0 Å². The Balaban J connectivity index is 2.00. The van der Waals surface area contributed by atoms with E-state index < -0.39 is 0 Å². The predicted octanol–water partition coefficient (Wildman–Crippen LogP) is 1.69. The second-order valence-electron chi connectivity index (χ2n) is 4.65. The van der Waals surface area contributed by atoms with Crippen molar-refractivity contribution in [2.75, 3.05) is 6.54 Å². The first-order valence-electron chi connectivity index (χ1n) is 4.73. The van der Waals surface area contributed by atoms with E-state index in [-0.39, 0.29) is 0 Å². The molecule has 0 amide bonds. The highest BCUT2D eigenvalue weighted by atomic mass is 14.7. The van der Waals surface area contributed by atoms with E-state index in [0.29, 0.717) is 5.41 Å². The summed E-state index contributed by atoms with van der Waals surface area (Å²) in [4.78, 5) is 0. The van der Waals surface area contributed by atoms with Gasteiger partial charge < -0.3 is 5.73 Å². The summed E-state index contributed by atoms with van der Waals surface area (Å²) in [6.45, 7) is 0.920. The van der Waals surface area contributed by atoms with Crippen molar-refractivity contribution in [1.82, 2.24) is 0 Å². The minimum atomic E-state index is 0.551. The van der Waals surface area contributed by atoms with Crippen molar-refractivity contribution in [3.05, 3.63) is 11.6 Å². The summed E-state index contributed by atoms with van der Waals surface area (Å²) >= 11 is 0. The molecule has 11 heavy (non-hydrogen) atoms. The van der Waals surface area contributed by atoms with E-state index in [1.807, 2.05) is 0 Å². The zero-order valence-corrected chi connectivity index (χ0v) is 6.84. The Morgan fingerprint density at radius 1 is 1.45 bits per heavy atom. The van der Waals surface area contributed by atoms with Crippen molar-refractivity contribution in [2.24, 2.45) is 23.0 Å². The molecule has 5 aliphatic rings. The third-order valence-corrected chi connectivity index (χ3v) is 4.07. The first-order valence-corrected chi connectivity index (χ1v) is 4.73. The van der Waals surface area contributed by atoms with Gasteiger partial charge in [-0.2, -0.15) is 0 Å². The molecule has 0 aromatic heterocycles. The maximum atomic E-state index is 5.83. The van der Waals surface area contributed by atoms with Gasteiger partial charge in [0.05, 0.1) is 0 Å². The molecular formula is C10H15N. The lowest BCUT2D eigenvalue weighted by Crippen LogP contribution is -2.50. The summed E-state index contributed by atoms with van der Waals surface area (Å²) in [5, 5.41) is 0. The first-order chi connectivity index (χ1) is 5.33. The standard InChI is InChI=1S/C10H15N/c11-6-10-2-1-9-7(4-10)3-8(9)5-10/h1,7-8H,2-6,11H2. The van der Waals surface area contributed by atoms with Gasteiger partial charge in [0, 0.05) is 0 Å². The van der Waals surface area contributed by atoms with Crippen molar-refractivity contribution in [1.29, 1.82) is 0 Å². The number of hydrogen-bond donors (Lipinski definition) is 1. The van der Waals surface area contributed by atoms with Gasteiger partial charge in [0.25, 0.3) is 0 Å². The molecule has 0 aromatic carbocycles. The van der Waals surface area contributed by atoms with Crippen LogP contribution in [0.15, 0.2) is 11.6 Å². The molecule has 0 spiro atoms. The fraction of sp³-hybridized carbons (Fsp3) is 0.800.